The van der Waals surface area contributed by atoms with E-state index in [4.69, 9.17) is 40.4 Å². The second kappa shape index (κ2) is 33.5. The predicted octanol–water partition coefficient (Wildman–Crippen LogP) is 14.6. The molecular weight excluding hydrogens is 1250 g/mol. The molecule has 0 bridgehead atoms. The fourth-order valence-corrected chi connectivity index (χ4v) is 13.4. The van der Waals surface area contributed by atoms with E-state index in [0.717, 1.165) is 86.9 Å². The molecule has 0 spiro atoms. The first-order valence-electron chi connectivity index (χ1n) is 32.8. The molecule has 2 aliphatic carbocycles. The molecule has 500 valence electrons. The maximum atomic E-state index is 9.34. The summed E-state index contributed by atoms with van der Waals surface area (Å²) in [5.41, 5.74) is 6.24. The highest BCUT2D eigenvalue weighted by Gasteiger charge is 2.57. The molecule has 3 fully saturated rings. The number of ether oxygens (including phenoxy) is 3. The number of hydrogen-bond donors (Lipinski definition) is 2. The van der Waals surface area contributed by atoms with Gasteiger partial charge in [0.05, 0.1) is 60.7 Å². The first-order valence-corrected chi connectivity index (χ1v) is 44.3. The molecule has 0 aromatic carbocycles. The largest absolute Gasteiger partial charge is 0.501 e. The number of nitriles is 2. The first kappa shape index (κ1) is 72.7. The van der Waals surface area contributed by atoms with Crippen LogP contribution in [0.1, 0.15) is 84.6 Å². The highest BCUT2D eigenvalue weighted by molar-refractivity contribution is 6.76. The molecule has 1 aliphatic heterocycles. The zero-order chi connectivity index (χ0) is 67.5. The van der Waals surface area contributed by atoms with Crippen LogP contribution in [0.4, 0.5) is 0 Å². The molecule has 27 heteroatoms. The van der Waals surface area contributed by atoms with Gasteiger partial charge in [-0.2, -0.15) is 25.8 Å². The lowest BCUT2D eigenvalue weighted by molar-refractivity contribution is 0.0262. The molecule has 3 aliphatic rings. The van der Waals surface area contributed by atoms with Crippen molar-refractivity contribution in [2.75, 3.05) is 19.8 Å². The molecule has 9 aromatic rings. The van der Waals surface area contributed by atoms with Crippen molar-refractivity contribution in [3.05, 3.63) is 117 Å². The molecule has 12 rings (SSSR count). The Morgan fingerprint density at radius 3 is 1.62 bits per heavy atom. The van der Waals surface area contributed by atoms with Crippen LogP contribution in [0.3, 0.4) is 0 Å². The van der Waals surface area contributed by atoms with Crippen LogP contribution in [0.15, 0.2) is 105 Å². The number of aromatic amines is 2. The molecule has 0 radical (unpaired) electrons. The van der Waals surface area contributed by atoms with Crippen LogP contribution in [0.25, 0.3) is 55.6 Å². The summed E-state index contributed by atoms with van der Waals surface area (Å²) in [4.78, 5) is 26.0. The Morgan fingerprint density at radius 1 is 0.660 bits per heavy atom. The number of rotatable bonds is 22. The van der Waals surface area contributed by atoms with Gasteiger partial charge in [0.1, 0.15) is 66.9 Å². The van der Waals surface area contributed by atoms with Crippen molar-refractivity contribution >= 4 is 81.5 Å². The molecule has 2 saturated carbocycles. The molecule has 2 atom stereocenters. The topological polar surface area (TPSA) is 261 Å². The Kier molecular flexibility index (Phi) is 25.9. The van der Waals surface area contributed by atoms with Gasteiger partial charge in [-0.3, -0.25) is 14.9 Å². The smallest absolute Gasteiger partial charge is 0.395 e. The van der Waals surface area contributed by atoms with Crippen LogP contribution in [0.5, 0.6) is 0 Å². The Hall–Kier alpha value is -7.11. The summed E-state index contributed by atoms with van der Waals surface area (Å²) in [7, 11) is -3.54. The van der Waals surface area contributed by atoms with Crippen molar-refractivity contribution < 1.29 is 23.5 Å². The second-order valence-electron chi connectivity index (χ2n) is 28.8. The fourth-order valence-electron chi connectivity index (χ4n) is 11.0. The minimum Gasteiger partial charge on any atom is -0.395 e. The number of H-pyrrole nitrogens is 2. The minimum absolute atomic E-state index is 0.142. The van der Waals surface area contributed by atoms with Gasteiger partial charge in [0.25, 0.3) is 0 Å². The normalized spacial score (nSPS) is 17.1. The Balaban J connectivity index is 0.000000159. The molecule has 94 heavy (non-hydrogen) atoms. The summed E-state index contributed by atoms with van der Waals surface area (Å²) < 4.78 is 36.9. The third-order valence-corrected chi connectivity index (χ3v) is 22.6. The van der Waals surface area contributed by atoms with Crippen molar-refractivity contribution in [1.29, 1.82) is 10.5 Å². The average molecular weight is 1350 g/mol. The molecule has 2 unspecified atom stereocenters. The molecule has 2 N–H and O–H groups in total. The Labute approximate surface area is 562 Å². The van der Waals surface area contributed by atoms with Crippen molar-refractivity contribution in [3.8, 4) is 34.7 Å². The van der Waals surface area contributed by atoms with E-state index in [9.17, 15) is 5.26 Å². The lowest BCUT2D eigenvalue weighted by Crippen LogP contribution is -2.42. The van der Waals surface area contributed by atoms with Gasteiger partial charge in [-0.25, -0.2) is 29.9 Å². The SMILES string of the molecule is C[Si](C)(C)CCOCn1ccc2c(-c3cn[nH]c3)ncnc21.C[Si](C)(C)CCOCn1ccc2c(-c3cnn(C(CC#N)C4CCCC4)c3)ncnc21.C[Si](C)(C)CCOCn1ccc2c(Cl)ncnc21.N#CC=CC1CCCC1.[CH2+]C1(C)OB(c2cn[nH]c2)OC1(C)C. The van der Waals surface area contributed by atoms with Crippen molar-refractivity contribution in [2.24, 2.45) is 11.8 Å². The van der Waals surface area contributed by atoms with Crippen LogP contribution >= 0.6 is 11.6 Å². The average Bonchev–Trinajstić information content (AvgIpc) is 1.64. The van der Waals surface area contributed by atoms with Gasteiger partial charge in [-0.15, -0.1) is 0 Å². The molecule has 0 amide bonds. The summed E-state index contributed by atoms with van der Waals surface area (Å²) in [6.45, 7) is 34.9. The summed E-state index contributed by atoms with van der Waals surface area (Å²) in [6, 6.07) is 14.0. The van der Waals surface area contributed by atoms with Gasteiger partial charge >= 0.3 is 7.12 Å². The summed E-state index contributed by atoms with van der Waals surface area (Å²) >= 11 is 5.99. The number of nitrogens with one attached hydrogen (secondary N) is 2. The van der Waals surface area contributed by atoms with Crippen LogP contribution < -0.4 is 5.46 Å². The van der Waals surface area contributed by atoms with Crippen LogP contribution in [-0.2, 0) is 43.7 Å². The lowest BCUT2D eigenvalue weighted by Gasteiger charge is -2.25. The molecule has 22 nitrogen and oxygen atoms in total. The van der Waals surface area contributed by atoms with E-state index < -0.39 is 35.4 Å². The Bertz CT molecular complexity index is 3860. The summed E-state index contributed by atoms with van der Waals surface area (Å²) in [5.74, 6) is 1.25. The highest BCUT2D eigenvalue weighted by Crippen LogP contribution is 2.38. The number of halogens is 1. The third-order valence-electron chi connectivity index (χ3n) is 17.2. The van der Waals surface area contributed by atoms with E-state index in [1.807, 2.05) is 107 Å². The van der Waals surface area contributed by atoms with E-state index in [2.05, 4.69) is 127 Å². The minimum atomic E-state index is -1.10. The standard InChI is InChI=1S/C23H32N6OSi.C15H21N5OSi.C12H18ClN3OSi.C9H14BN2O2.C8H11N/c1-31(2,3)13-12-30-17-28-11-9-20-22(25-16-26-23(20)28)19-14-27-29(15-19)21(8-10-24)18-6-4-5-7-18;1-22(2,3)7-6-21-11-20-5-4-13-14(12-8-18-19-9-12)16-10-17-15(13)20;1-18(2,3)7-6-17-9-16-5-4-10-11(13)14-8-15-12(10)16;1-8(2)9(3,4)14-10(13-8)7-5-11-12-6-7;9-7-3-6-8-4-1-2-5-8/h9,11,14-16,18,21H,4-8,12-13,17H2,1-3H3;4-5,8-10H,6-7,11H2,1-3H3,(H,18,19);4-5,8H,6-7,9H2,1-3H3;5-6H,1H2,2-4H3,(H,11,12);3,6,8H,1-2,4-5H2/q;;;+1;. The predicted molar refractivity (Wildman–Crippen MR) is 381 cm³/mol. The van der Waals surface area contributed by atoms with E-state index in [1.54, 1.807) is 37.3 Å². The van der Waals surface area contributed by atoms with Gasteiger partial charge in [0.15, 0.2) is 0 Å². The van der Waals surface area contributed by atoms with Gasteiger partial charge in [0, 0.05) is 128 Å². The zero-order valence-electron chi connectivity index (χ0n) is 57.2. The highest BCUT2D eigenvalue weighted by atomic mass is 35.5. The van der Waals surface area contributed by atoms with E-state index >= 15 is 0 Å². The number of aromatic nitrogens is 15. The number of allylic oxidation sites excluding steroid dienone is 2. The monoisotopic (exact) mass is 1350 g/mol. The van der Waals surface area contributed by atoms with Crippen LogP contribution in [0.2, 0.25) is 82.2 Å². The quantitative estimate of drug-likeness (QED) is 0.0210. The second-order valence-corrected chi connectivity index (χ2v) is 46.0. The molecule has 10 heterocycles. The number of nitrogens with zero attached hydrogens (tertiary/aromatic N) is 15. The van der Waals surface area contributed by atoms with E-state index in [-0.39, 0.29) is 13.2 Å². The third kappa shape index (κ3) is 20.9. The molecule has 9 aromatic heterocycles. The summed E-state index contributed by atoms with van der Waals surface area (Å²) in [6.07, 6.45) is 35.9. The van der Waals surface area contributed by atoms with Crippen molar-refractivity contribution in [2.45, 2.75) is 193 Å². The van der Waals surface area contributed by atoms with Crippen LogP contribution in [-0.4, -0.2) is 136 Å². The fraction of sp³-hybridized carbons (Fsp3) is 0.522. The van der Waals surface area contributed by atoms with Crippen molar-refractivity contribution in [3.63, 3.8) is 0 Å². The molecular formula is C67H96BClN17O5Si3+. The number of hydrogen-bond acceptors (Lipinski definition) is 16. The van der Waals surface area contributed by atoms with Crippen molar-refractivity contribution in [1.82, 2.24) is 73.8 Å². The first-order chi connectivity index (χ1) is 44.8. The van der Waals surface area contributed by atoms with Gasteiger partial charge in [-0.05, 0) is 87.7 Å². The maximum absolute atomic E-state index is 9.34. The maximum Gasteiger partial charge on any atom is 0.501 e. The van der Waals surface area contributed by atoms with Crippen LogP contribution in [0, 0.1) is 41.4 Å². The van der Waals surface area contributed by atoms with Gasteiger partial charge in [-0.1, -0.05) is 102 Å². The summed E-state index contributed by atoms with van der Waals surface area (Å²) in [5, 5.41) is 38.9. The Morgan fingerprint density at radius 2 is 1.15 bits per heavy atom. The van der Waals surface area contributed by atoms with E-state index in [0.29, 0.717) is 43.6 Å². The zero-order valence-corrected chi connectivity index (χ0v) is 60.9. The van der Waals surface area contributed by atoms with E-state index in [1.165, 1.54) is 69.8 Å². The van der Waals surface area contributed by atoms with Gasteiger partial charge in [0.2, 0.25) is 5.60 Å². The number of fused-ring (bicyclic) bond motifs is 3. The molecule has 1 saturated heterocycles. The van der Waals surface area contributed by atoms with Gasteiger partial charge < -0.3 is 37.2 Å². The lowest BCUT2D eigenvalue weighted by atomic mass is 9.82.